The van der Waals surface area contributed by atoms with Crippen molar-refractivity contribution in [1.82, 2.24) is 0 Å². The zero-order valence-corrected chi connectivity index (χ0v) is 29.9. The molecule has 4 amide bonds. The van der Waals surface area contributed by atoms with E-state index in [9.17, 15) is 19.5 Å². The van der Waals surface area contributed by atoms with Crippen molar-refractivity contribution in [3.8, 4) is 17.2 Å². The molecule has 2 heterocycles. The molecule has 0 radical (unpaired) electrons. The van der Waals surface area contributed by atoms with Gasteiger partial charge in [0, 0.05) is 34.2 Å². The SMILES string of the molecule is COc1cc(O)cc(OC)c1[C@H]1C2=CC[C@@H]3C(=O)N(c4ccc(C(C)=O)cc4)C(=O)[C@@H]3[C@@H]2C[C@H]2C(=O)N(c3cccc(Cl)c3)C(=O)[C@@]12c1ccccc1. The maximum atomic E-state index is 15.5. The Morgan fingerprint density at radius 1 is 0.792 bits per heavy atom. The van der Waals surface area contributed by atoms with E-state index < -0.39 is 52.7 Å². The van der Waals surface area contributed by atoms with Gasteiger partial charge in [-0.05, 0) is 73.7 Å². The van der Waals surface area contributed by atoms with Gasteiger partial charge >= 0.3 is 0 Å². The molecule has 53 heavy (non-hydrogen) atoms. The van der Waals surface area contributed by atoms with Crippen LogP contribution in [-0.4, -0.2) is 48.7 Å². The number of fused-ring (bicyclic) bond motifs is 4. The van der Waals surface area contributed by atoms with E-state index in [-0.39, 0.29) is 41.8 Å². The van der Waals surface area contributed by atoms with Gasteiger partial charge in [0.25, 0.3) is 0 Å². The highest BCUT2D eigenvalue weighted by Gasteiger charge is 2.71. The van der Waals surface area contributed by atoms with Crippen LogP contribution in [0.5, 0.6) is 17.2 Å². The van der Waals surface area contributed by atoms with Crippen molar-refractivity contribution >= 4 is 52.4 Å². The fourth-order valence-corrected chi connectivity index (χ4v) is 9.55. The fourth-order valence-electron chi connectivity index (χ4n) is 9.37. The Kier molecular flexibility index (Phi) is 8.25. The van der Waals surface area contributed by atoms with Crippen molar-refractivity contribution in [3.05, 3.63) is 124 Å². The minimum absolute atomic E-state index is 0.0961. The number of Topliss-reactive ketones (excluding diaryl/α,β-unsaturated/α-hetero) is 1. The second kappa shape index (κ2) is 12.7. The highest BCUT2D eigenvalue weighted by Crippen LogP contribution is 2.66. The summed E-state index contributed by atoms with van der Waals surface area (Å²) in [6.07, 6.45) is 2.24. The molecular weight excluding hydrogens is 696 g/mol. The molecule has 11 heteroatoms. The number of aromatic hydroxyl groups is 1. The largest absolute Gasteiger partial charge is 0.508 e. The molecule has 4 aromatic rings. The van der Waals surface area contributed by atoms with Gasteiger partial charge in [-0.15, -0.1) is 0 Å². The molecule has 0 spiro atoms. The minimum Gasteiger partial charge on any atom is -0.508 e. The summed E-state index contributed by atoms with van der Waals surface area (Å²) in [4.78, 5) is 73.6. The van der Waals surface area contributed by atoms with Gasteiger partial charge in [-0.25, -0.2) is 4.90 Å². The minimum atomic E-state index is -1.57. The first kappa shape index (κ1) is 34.4. The second-order valence-corrected chi connectivity index (χ2v) is 14.4. The van der Waals surface area contributed by atoms with Gasteiger partial charge in [0.2, 0.25) is 23.6 Å². The van der Waals surface area contributed by atoms with Gasteiger partial charge in [0.05, 0.1) is 48.8 Å². The number of methoxy groups -OCH3 is 2. The summed E-state index contributed by atoms with van der Waals surface area (Å²) in [5.74, 6) is -5.67. The third-order valence-corrected chi connectivity index (χ3v) is 11.8. The van der Waals surface area contributed by atoms with Crippen molar-refractivity contribution < 1.29 is 38.6 Å². The van der Waals surface area contributed by atoms with Crippen LogP contribution in [0.15, 0.2) is 103 Å². The number of phenolic OH excluding ortho intramolecular Hbond substituents is 1. The molecule has 2 aliphatic carbocycles. The zero-order valence-electron chi connectivity index (χ0n) is 29.1. The smallest absolute Gasteiger partial charge is 0.246 e. The molecule has 0 aromatic heterocycles. The van der Waals surface area contributed by atoms with Crippen LogP contribution in [-0.2, 0) is 24.6 Å². The molecule has 0 unspecified atom stereocenters. The van der Waals surface area contributed by atoms with E-state index in [2.05, 4.69) is 0 Å². The van der Waals surface area contributed by atoms with Crippen LogP contribution in [0.25, 0.3) is 0 Å². The highest BCUT2D eigenvalue weighted by atomic mass is 35.5. The Morgan fingerprint density at radius 3 is 2.09 bits per heavy atom. The number of ether oxygens (including phenoxy) is 2. The molecule has 0 bridgehead atoms. The summed E-state index contributed by atoms with van der Waals surface area (Å²) in [6, 6.07) is 24.9. The maximum Gasteiger partial charge on any atom is 0.246 e. The lowest BCUT2D eigenvalue weighted by atomic mass is 9.49. The first-order valence-corrected chi connectivity index (χ1v) is 17.7. The Hall–Kier alpha value is -5.74. The molecule has 6 atom stereocenters. The molecule has 1 saturated carbocycles. The number of amides is 4. The number of nitrogens with zero attached hydrogens (tertiary/aromatic N) is 2. The number of carbonyl (C=O) groups is 5. The first-order valence-electron chi connectivity index (χ1n) is 17.4. The predicted molar refractivity (Wildman–Crippen MR) is 196 cm³/mol. The van der Waals surface area contributed by atoms with Crippen molar-refractivity contribution in [2.24, 2.45) is 23.7 Å². The summed E-state index contributed by atoms with van der Waals surface area (Å²) in [5, 5.41) is 11.1. The number of allylic oxidation sites excluding steroid dienone is 2. The Bertz CT molecular complexity index is 2230. The number of phenols is 1. The van der Waals surface area contributed by atoms with Crippen molar-refractivity contribution in [2.45, 2.75) is 31.1 Å². The van der Waals surface area contributed by atoms with Crippen LogP contribution in [0, 0.1) is 23.7 Å². The van der Waals surface area contributed by atoms with E-state index in [1.54, 1.807) is 48.5 Å². The molecule has 2 saturated heterocycles. The summed E-state index contributed by atoms with van der Waals surface area (Å²) in [6.45, 7) is 1.44. The second-order valence-electron chi connectivity index (χ2n) is 14.0. The molecule has 8 rings (SSSR count). The molecule has 2 aliphatic heterocycles. The van der Waals surface area contributed by atoms with Crippen LogP contribution >= 0.6 is 11.6 Å². The molecule has 4 aliphatic rings. The Labute approximate surface area is 310 Å². The predicted octanol–water partition coefficient (Wildman–Crippen LogP) is 6.63. The molecule has 10 nitrogen and oxygen atoms in total. The number of carbonyl (C=O) groups excluding carboxylic acids is 5. The van der Waals surface area contributed by atoms with Crippen LogP contribution in [0.1, 0.15) is 47.2 Å². The Morgan fingerprint density at radius 2 is 1.47 bits per heavy atom. The van der Waals surface area contributed by atoms with Gasteiger partial charge in [0.1, 0.15) is 17.2 Å². The number of benzene rings is 4. The first-order chi connectivity index (χ1) is 25.5. The lowest BCUT2D eigenvalue weighted by Crippen LogP contribution is -2.53. The van der Waals surface area contributed by atoms with Gasteiger partial charge in [0.15, 0.2) is 5.78 Å². The third-order valence-electron chi connectivity index (χ3n) is 11.5. The van der Waals surface area contributed by atoms with Crippen molar-refractivity contribution in [3.63, 3.8) is 0 Å². The third kappa shape index (κ3) is 4.95. The summed E-state index contributed by atoms with van der Waals surface area (Å²) < 4.78 is 11.8. The average molecular weight is 731 g/mol. The number of halogens is 1. The van der Waals surface area contributed by atoms with Crippen LogP contribution in [0.2, 0.25) is 5.02 Å². The van der Waals surface area contributed by atoms with Crippen LogP contribution < -0.4 is 19.3 Å². The van der Waals surface area contributed by atoms with Gasteiger partial charge in [-0.1, -0.05) is 59.6 Å². The molecular formula is C42H35ClN2O8. The maximum absolute atomic E-state index is 15.5. The molecule has 4 aromatic carbocycles. The lowest BCUT2D eigenvalue weighted by molar-refractivity contribution is -0.127. The van der Waals surface area contributed by atoms with E-state index in [0.717, 1.165) is 0 Å². The molecule has 268 valence electrons. The molecule has 3 fully saturated rings. The van der Waals surface area contributed by atoms with Gasteiger partial charge < -0.3 is 14.6 Å². The molecule has 1 N–H and O–H groups in total. The summed E-state index contributed by atoms with van der Waals surface area (Å²) in [7, 11) is 2.90. The quantitative estimate of drug-likeness (QED) is 0.127. The fraction of sp³-hybridized carbons (Fsp3) is 0.262. The standard InChI is InChI=1S/C42H35ClN2O8/c1-22(46)23-12-14-26(15-13-23)44-38(48)30-17-16-29-31(35(30)40(44)50)21-32-39(49)45(27-11-7-10-25(43)18-27)41(51)42(32,24-8-5-4-6-9-24)37(29)36-33(52-2)19-28(47)20-34(36)53-3/h4-16,18-20,30-32,35,37,47H,17,21H2,1-3H3/t30-,31+,32-,35-,37+,42+/m0/s1. The average Bonchev–Trinajstić information content (AvgIpc) is 3.55. The monoisotopic (exact) mass is 730 g/mol. The normalized spacial score (nSPS) is 26.2. The van der Waals surface area contributed by atoms with Crippen molar-refractivity contribution in [1.29, 1.82) is 0 Å². The number of imide groups is 2. The van der Waals surface area contributed by atoms with E-state index in [0.29, 0.717) is 38.7 Å². The number of hydrogen-bond acceptors (Lipinski definition) is 8. The summed E-state index contributed by atoms with van der Waals surface area (Å²) >= 11 is 6.41. The van der Waals surface area contributed by atoms with Gasteiger partial charge in [-0.3, -0.25) is 28.9 Å². The van der Waals surface area contributed by atoms with E-state index in [1.807, 2.05) is 36.4 Å². The lowest BCUT2D eigenvalue weighted by Gasteiger charge is -2.51. The topological polar surface area (TPSA) is 131 Å². The number of rotatable bonds is 7. The number of anilines is 2. The van der Waals surface area contributed by atoms with E-state index in [4.69, 9.17) is 21.1 Å². The van der Waals surface area contributed by atoms with Gasteiger partial charge in [-0.2, -0.15) is 0 Å². The summed E-state index contributed by atoms with van der Waals surface area (Å²) in [5.41, 5.74) is 1.26. The Balaban J connectivity index is 1.37. The van der Waals surface area contributed by atoms with Crippen LogP contribution in [0.3, 0.4) is 0 Å². The highest BCUT2D eigenvalue weighted by molar-refractivity contribution is 6.32. The number of hydrogen-bond donors (Lipinski definition) is 1. The zero-order chi connectivity index (χ0) is 37.3. The van der Waals surface area contributed by atoms with Crippen molar-refractivity contribution in [2.75, 3.05) is 24.0 Å². The van der Waals surface area contributed by atoms with Crippen LogP contribution in [0.4, 0.5) is 11.4 Å². The van der Waals surface area contributed by atoms with E-state index >= 15 is 9.59 Å². The number of ketones is 1. The van der Waals surface area contributed by atoms with E-state index in [1.165, 1.54) is 43.1 Å².